The number of hydrogen-bond donors (Lipinski definition) is 2. The van der Waals surface area contributed by atoms with Gasteiger partial charge in [-0.1, -0.05) is 6.07 Å². The van der Waals surface area contributed by atoms with Crippen molar-refractivity contribution in [1.82, 2.24) is 0 Å². The Morgan fingerprint density at radius 1 is 1.35 bits per heavy atom. The van der Waals surface area contributed by atoms with Crippen LogP contribution in [0.3, 0.4) is 0 Å². The summed E-state index contributed by atoms with van der Waals surface area (Å²) >= 11 is 0. The summed E-state index contributed by atoms with van der Waals surface area (Å²) in [5, 5.41) is 12.2. The van der Waals surface area contributed by atoms with Crippen LogP contribution in [0.15, 0.2) is 34.7 Å². The van der Waals surface area contributed by atoms with Crippen molar-refractivity contribution in [3.8, 4) is 0 Å². The van der Waals surface area contributed by atoms with Gasteiger partial charge >= 0.3 is 5.97 Å². The number of carboxylic acid groups (broad SMARTS) is 1. The molecule has 0 bridgehead atoms. The quantitative estimate of drug-likeness (QED) is 0.877. The van der Waals surface area contributed by atoms with Gasteiger partial charge in [-0.25, -0.2) is 4.79 Å². The average molecular weight is 274 g/mol. The molecule has 0 fully saturated rings. The lowest BCUT2D eigenvalue weighted by Crippen LogP contribution is -2.09. The molecule has 5 heteroatoms. The molecule has 0 amide bonds. The maximum Gasteiger partial charge on any atom is 0.339 e. The molecule has 5 nitrogen and oxygen atoms in total. The molecule has 0 saturated carbocycles. The van der Waals surface area contributed by atoms with Crippen LogP contribution in [-0.4, -0.2) is 25.2 Å². The van der Waals surface area contributed by atoms with E-state index in [2.05, 4.69) is 5.32 Å². The Labute approximate surface area is 117 Å². The molecule has 2 aromatic rings. The van der Waals surface area contributed by atoms with Crippen molar-refractivity contribution in [3.63, 3.8) is 0 Å². The average Bonchev–Trinajstić information content (AvgIpc) is 2.78. The molecule has 0 aliphatic carbocycles. The van der Waals surface area contributed by atoms with E-state index in [1.165, 1.54) is 0 Å². The Morgan fingerprint density at radius 2 is 2.10 bits per heavy atom. The molecule has 20 heavy (non-hydrogen) atoms. The SMILES string of the molecule is Cc1oc(CNc2cccc(N(C)C)c2)cc1C(=O)O. The van der Waals surface area contributed by atoms with Gasteiger partial charge in [-0.2, -0.15) is 0 Å². The normalized spacial score (nSPS) is 10.3. The monoisotopic (exact) mass is 274 g/mol. The molecule has 1 aromatic heterocycles. The summed E-state index contributed by atoms with van der Waals surface area (Å²) < 4.78 is 5.42. The second-order valence-corrected chi connectivity index (χ2v) is 4.79. The first-order valence-corrected chi connectivity index (χ1v) is 6.31. The number of anilines is 2. The lowest BCUT2D eigenvalue weighted by Gasteiger charge is -2.14. The topological polar surface area (TPSA) is 65.7 Å². The Hall–Kier alpha value is -2.43. The van der Waals surface area contributed by atoms with Crippen molar-refractivity contribution in [2.75, 3.05) is 24.3 Å². The highest BCUT2D eigenvalue weighted by atomic mass is 16.4. The van der Waals surface area contributed by atoms with Gasteiger partial charge in [-0.15, -0.1) is 0 Å². The fourth-order valence-electron chi connectivity index (χ4n) is 1.93. The van der Waals surface area contributed by atoms with Gasteiger partial charge in [0, 0.05) is 25.5 Å². The van der Waals surface area contributed by atoms with E-state index >= 15 is 0 Å². The molecule has 0 saturated heterocycles. The van der Waals surface area contributed by atoms with E-state index in [9.17, 15) is 4.79 Å². The van der Waals surface area contributed by atoms with Gasteiger partial charge in [-0.3, -0.25) is 0 Å². The first kappa shape index (κ1) is 14.0. The zero-order valence-electron chi connectivity index (χ0n) is 11.8. The molecule has 1 heterocycles. The molecule has 0 aliphatic rings. The highest BCUT2D eigenvalue weighted by molar-refractivity contribution is 5.88. The first-order valence-electron chi connectivity index (χ1n) is 6.31. The third kappa shape index (κ3) is 3.12. The van der Waals surface area contributed by atoms with Gasteiger partial charge in [-0.05, 0) is 31.2 Å². The molecule has 0 aliphatic heterocycles. The van der Waals surface area contributed by atoms with Crippen LogP contribution in [0.25, 0.3) is 0 Å². The van der Waals surface area contributed by atoms with Crippen molar-refractivity contribution in [1.29, 1.82) is 0 Å². The van der Waals surface area contributed by atoms with E-state index in [1.807, 2.05) is 43.3 Å². The molecule has 0 spiro atoms. The number of rotatable bonds is 5. The number of carboxylic acids is 1. The van der Waals surface area contributed by atoms with Crippen molar-refractivity contribution < 1.29 is 14.3 Å². The van der Waals surface area contributed by atoms with Gasteiger partial charge in [0.05, 0.1) is 6.54 Å². The number of furan rings is 1. The fraction of sp³-hybridized carbons (Fsp3) is 0.267. The number of nitrogens with zero attached hydrogens (tertiary/aromatic N) is 1. The molecular formula is C15H18N2O3. The number of carbonyl (C=O) groups is 1. The van der Waals surface area contributed by atoms with Crippen LogP contribution in [0.1, 0.15) is 21.9 Å². The summed E-state index contributed by atoms with van der Waals surface area (Å²) in [5.41, 5.74) is 2.27. The second-order valence-electron chi connectivity index (χ2n) is 4.79. The van der Waals surface area contributed by atoms with Crippen LogP contribution >= 0.6 is 0 Å². The van der Waals surface area contributed by atoms with Crippen molar-refractivity contribution in [3.05, 3.63) is 47.4 Å². The lowest BCUT2D eigenvalue weighted by molar-refractivity contribution is 0.0695. The molecule has 2 rings (SSSR count). The molecule has 1 aromatic carbocycles. The molecule has 0 radical (unpaired) electrons. The van der Waals surface area contributed by atoms with E-state index < -0.39 is 5.97 Å². The maximum absolute atomic E-state index is 10.9. The summed E-state index contributed by atoms with van der Waals surface area (Å²) in [6.07, 6.45) is 0. The van der Waals surface area contributed by atoms with E-state index in [0.29, 0.717) is 18.1 Å². The van der Waals surface area contributed by atoms with Crippen LogP contribution < -0.4 is 10.2 Å². The highest BCUT2D eigenvalue weighted by Crippen LogP contribution is 2.19. The highest BCUT2D eigenvalue weighted by Gasteiger charge is 2.13. The summed E-state index contributed by atoms with van der Waals surface area (Å²) in [4.78, 5) is 13.0. The third-order valence-electron chi connectivity index (χ3n) is 3.03. The predicted octanol–water partition coefficient (Wildman–Crippen LogP) is 2.96. The van der Waals surface area contributed by atoms with Gasteiger partial charge in [0.15, 0.2) is 0 Å². The number of benzene rings is 1. The molecular weight excluding hydrogens is 256 g/mol. The zero-order valence-corrected chi connectivity index (χ0v) is 11.8. The molecule has 0 atom stereocenters. The second kappa shape index (κ2) is 5.69. The minimum Gasteiger partial charge on any atom is -0.478 e. The minimum atomic E-state index is -0.966. The van der Waals surface area contributed by atoms with E-state index in [1.54, 1.807) is 13.0 Å². The molecule has 2 N–H and O–H groups in total. The van der Waals surface area contributed by atoms with Gasteiger partial charge < -0.3 is 19.7 Å². The Kier molecular flexibility index (Phi) is 3.98. The minimum absolute atomic E-state index is 0.212. The van der Waals surface area contributed by atoms with Crippen molar-refractivity contribution in [2.24, 2.45) is 0 Å². The van der Waals surface area contributed by atoms with Crippen LogP contribution in [0.5, 0.6) is 0 Å². The van der Waals surface area contributed by atoms with E-state index in [-0.39, 0.29) is 5.56 Å². The predicted molar refractivity (Wildman–Crippen MR) is 78.5 cm³/mol. The number of aromatic carboxylic acids is 1. The molecule has 106 valence electrons. The lowest BCUT2D eigenvalue weighted by atomic mass is 10.2. The summed E-state index contributed by atoms with van der Waals surface area (Å²) in [5.74, 6) is 0.0682. The standard InChI is InChI=1S/C15H18N2O3/c1-10-14(15(18)19)8-13(20-10)9-16-11-5-4-6-12(7-11)17(2)3/h4-8,16H,9H2,1-3H3,(H,18,19). The van der Waals surface area contributed by atoms with E-state index in [0.717, 1.165) is 11.4 Å². The Balaban J connectivity index is 2.07. The Morgan fingerprint density at radius 3 is 2.70 bits per heavy atom. The van der Waals surface area contributed by atoms with Gasteiger partial charge in [0.1, 0.15) is 17.1 Å². The maximum atomic E-state index is 10.9. The largest absolute Gasteiger partial charge is 0.478 e. The fourth-order valence-corrected chi connectivity index (χ4v) is 1.93. The van der Waals surface area contributed by atoms with Crippen LogP contribution in [0.4, 0.5) is 11.4 Å². The third-order valence-corrected chi connectivity index (χ3v) is 3.03. The smallest absolute Gasteiger partial charge is 0.339 e. The summed E-state index contributed by atoms with van der Waals surface area (Å²) in [7, 11) is 3.96. The molecule has 0 unspecified atom stereocenters. The van der Waals surface area contributed by atoms with Gasteiger partial charge in [0.25, 0.3) is 0 Å². The number of hydrogen-bond acceptors (Lipinski definition) is 4. The zero-order chi connectivity index (χ0) is 14.7. The van der Waals surface area contributed by atoms with Crippen molar-refractivity contribution in [2.45, 2.75) is 13.5 Å². The number of nitrogens with one attached hydrogen (secondary N) is 1. The Bertz CT molecular complexity index is 617. The first-order chi connectivity index (χ1) is 9.47. The number of aryl methyl sites for hydroxylation is 1. The van der Waals surface area contributed by atoms with Crippen LogP contribution in [0, 0.1) is 6.92 Å². The van der Waals surface area contributed by atoms with Crippen molar-refractivity contribution >= 4 is 17.3 Å². The van der Waals surface area contributed by atoms with Gasteiger partial charge in [0.2, 0.25) is 0 Å². The summed E-state index contributed by atoms with van der Waals surface area (Å²) in [6.45, 7) is 2.10. The van der Waals surface area contributed by atoms with Crippen LogP contribution in [-0.2, 0) is 6.54 Å². The van der Waals surface area contributed by atoms with Crippen LogP contribution in [0.2, 0.25) is 0 Å². The summed E-state index contributed by atoms with van der Waals surface area (Å²) in [6, 6.07) is 9.52. The van der Waals surface area contributed by atoms with E-state index in [4.69, 9.17) is 9.52 Å².